The van der Waals surface area contributed by atoms with Crippen LogP contribution in [0.1, 0.15) is 29.5 Å². The number of aromatic carboxylic acids is 1. The summed E-state index contributed by atoms with van der Waals surface area (Å²) < 4.78 is 5.87. The van der Waals surface area contributed by atoms with Crippen LogP contribution in [0.5, 0.6) is 0 Å². The quantitative estimate of drug-likeness (QED) is 0.430. The normalized spacial score (nSPS) is 16.3. The van der Waals surface area contributed by atoms with Crippen LogP contribution in [-0.2, 0) is 4.79 Å². The number of aliphatic imine (C=N–C) groups is 1. The molecule has 0 atom stereocenters. The van der Waals surface area contributed by atoms with Crippen molar-refractivity contribution in [1.29, 1.82) is 0 Å². The van der Waals surface area contributed by atoms with Gasteiger partial charge in [0, 0.05) is 18.2 Å². The molecule has 4 rings (SSSR count). The van der Waals surface area contributed by atoms with E-state index >= 15 is 0 Å². The minimum Gasteiger partial charge on any atom is -0.478 e. The first-order chi connectivity index (χ1) is 15.5. The number of nitrogens with zero attached hydrogens (tertiary/aromatic N) is 2. The Morgan fingerprint density at radius 1 is 1.19 bits per heavy atom. The molecule has 0 unspecified atom stereocenters. The number of carbonyl (C=O) groups is 2. The molecule has 1 fully saturated rings. The Hall–Kier alpha value is -3.29. The Morgan fingerprint density at radius 2 is 1.97 bits per heavy atom. The molecular weight excluding hydrogens is 448 g/mol. The summed E-state index contributed by atoms with van der Waals surface area (Å²) in [5, 5.41) is 10.1. The number of carbonyl (C=O) groups excluding carboxylic acids is 1. The second-order valence-electron chi connectivity index (χ2n) is 7.00. The maximum absolute atomic E-state index is 13.0. The number of hydrogen-bond acceptors (Lipinski definition) is 5. The molecule has 0 bridgehead atoms. The minimum atomic E-state index is -1.11. The number of carboxylic acid groups (broad SMARTS) is 1. The standard InChI is InChI=1S/C24H19ClN2O4S/c1-2-12-27-22(28)21(32-24(27)26-16-6-4-3-5-7-16)14-17-9-11-20(31-17)15-8-10-19(25)18(13-15)23(29)30/h3-11,13-14H,2,12H2,1H3,(H,29,30)/b21-14-,26-24?. The van der Waals surface area contributed by atoms with Crippen molar-refractivity contribution in [1.82, 2.24) is 4.90 Å². The summed E-state index contributed by atoms with van der Waals surface area (Å²) in [6.07, 6.45) is 2.49. The molecule has 0 spiro atoms. The first kappa shape index (κ1) is 21.9. The van der Waals surface area contributed by atoms with Crippen LogP contribution < -0.4 is 0 Å². The Morgan fingerprint density at radius 3 is 2.69 bits per heavy atom. The lowest BCUT2D eigenvalue weighted by Gasteiger charge is -2.13. The van der Waals surface area contributed by atoms with Crippen LogP contribution in [0.25, 0.3) is 17.4 Å². The zero-order valence-corrected chi connectivity index (χ0v) is 18.7. The van der Waals surface area contributed by atoms with Gasteiger partial charge in [-0.2, -0.15) is 0 Å². The summed E-state index contributed by atoms with van der Waals surface area (Å²) in [7, 11) is 0. The lowest BCUT2D eigenvalue weighted by molar-refractivity contribution is -0.122. The highest BCUT2D eigenvalue weighted by Gasteiger charge is 2.33. The van der Waals surface area contributed by atoms with Gasteiger partial charge < -0.3 is 9.52 Å². The number of rotatable bonds is 6. The van der Waals surface area contributed by atoms with E-state index in [0.29, 0.717) is 33.7 Å². The number of hydrogen-bond donors (Lipinski definition) is 1. The van der Waals surface area contributed by atoms with E-state index in [1.165, 1.54) is 23.9 Å². The highest BCUT2D eigenvalue weighted by atomic mass is 35.5. The smallest absolute Gasteiger partial charge is 0.337 e. The fourth-order valence-electron chi connectivity index (χ4n) is 3.18. The van der Waals surface area contributed by atoms with Crippen LogP contribution in [-0.4, -0.2) is 33.6 Å². The van der Waals surface area contributed by atoms with Gasteiger partial charge in [0.1, 0.15) is 11.5 Å². The van der Waals surface area contributed by atoms with Gasteiger partial charge in [-0.25, -0.2) is 9.79 Å². The van der Waals surface area contributed by atoms with Crippen LogP contribution in [0.3, 0.4) is 0 Å². The second-order valence-corrected chi connectivity index (χ2v) is 8.42. The van der Waals surface area contributed by atoms with Crippen LogP contribution in [0, 0.1) is 0 Å². The first-order valence-corrected chi connectivity index (χ1v) is 11.1. The molecule has 0 radical (unpaired) electrons. The molecule has 1 N–H and O–H groups in total. The maximum Gasteiger partial charge on any atom is 0.337 e. The minimum absolute atomic E-state index is 0.000953. The Balaban J connectivity index is 1.62. The van der Waals surface area contributed by atoms with Crippen molar-refractivity contribution in [2.45, 2.75) is 13.3 Å². The topological polar surface area (TPSA) is 83.1 Å². The van der Waals surface area contributed by atoms with Gasteiger partial charge in [-0.3, -0.25) is 9.69 Å². The molecule has 1 aromatic heterocycles. The highest BCUT2D eigenvalue weighted by Crippen LogP contribution is 2.35. The average Bonchev–Trinajstić information content (AvgIpc) is 3.35. The molecule has 6 nitrogen and oxygen atoms in total. The summed E-state index contributed by atoms with van der Waals surface area (Å²) in [6, 6.07) is 17.6. The second kappa shape index (κ2) is 9.46. The fourth-order valence-corrected chi connectivity index (χ4v) is 4.39. The van der Waals surface area contributed by atoms with Crippen LogP contribution in [0.4, 0.5) is 5.69 Å². The number of benzene rings is 2. The van der Waals surface area contributed by atoms with Gasteiger partial charge in [-0.05, 0) is 60.6 Å². The number of amides is 1. The zero-order chi connectivity index (χ0) is 22.7. The van der Waals surface area contributed by atoms with Crippen molar-refractivity contribution >= 4 is 52.2 Å². The zero-order valence-electron chi connectivity index (χ0n) is 17.1. The fraction of sp³-hybridized carbons (Fsp3) is 0.125. The van der Waals surface area contributed by atoms with Crippen molar-refractivity contribution in [3.63, 3.8) is 0 Å². The molecule has 0 aliphatic carbocycles. The van der Waals surface area contributed by atoms with Gasteiger partial charge in [0.25, 0.3) is 5.91 Å². The van der Waals surface area contributed by atoms with E-state index in [1.54, 1.807) is 29.2 Å². The third-order valence-corrected chi connectivity index (χ3v) is 6.03. The van der Waals surface area contributed by atoms with Crippen molar-refractivity contribution in [2.75, 3.05) is 6.54 Å². The van der Waals surface area contributed by atoms with Gasteiger partial charge in [-0.1, -0.05) is 36.7 Å². The molecular formula is C24H19ClN2O4S. The number of halogens is 1. The van der Waals surface area contributed by atoms with Gasteiger partial charge >= 0.3 is 5.97 Å². The summed E-state index contributed by atoms with van der Waals surface area (Å²) in [4.78, 5) is 31.1. The predicted molar refractivity (Wildman–Crippen MR) is 127 cm³/mol. The molecule has 2 heterocycles. The molecule has 0 saturated carbocycles. The summed E-state index contributed by atoms with van der Waals surface area (Å²) in [5.41, 5.74) is 1.36. The van der Waals surface area contributed by atoms with Gasteiger partial charge in [0.2, 0.25) is 0 Å². The molecule has 162 valence electrons. The lowest BCUT2D eigenvalue weighted by atomic mass is 10.1. The molecule has 8 heteroatoms. The monoisotopic (exact) mass is 466 g/mol. The number of furan rings is 1. The molecule has 3 aromatic rings. The van der Waals surface area contributed by atoms with Crippen LogP contribution >= 0.6 is 23.4 Å². The Labute approximate surface area is 194 Å². The van der Waals surface area contributed by atoms with E-state index < -0.39 is 5.97 Å². The van der Waals surface area contributed by atoms with Gasteiger partial charge in [0.05, 0.1) is 21.2 Å². The van der Waals surface area contributed by atoms with Gasteiger partial charge in [-0.15, -0.1) is 0 Å². The maximum atomic E-state index is 13.0. The Kier molecular flexibility index (Phi) is 6.48. The van der Waals surface area contributed by atoms with Crippen molar-refractivity contribution in [3.05, 3.63) is 81.9 Å². The summed E-state index contributed by atoms with van der Waals surface area (Å²) in [5.74, 6) is -0.265. The lowest BCUT2D eigenvalue weighted by Crippen LogP contribution is -2.29. The number of thioether (sulfide) groups is 1. The number of para-hydroxylation sites is 1. The Bertz CT molecular complexity index is 1230. The molecule has 1 aliphatic rings. The van der Waals surface area contributed by atoms with Crippen molar-refractivity contribution < 1.29 is 19.1 Å². The predicted octanol–water partition coefficient (Wildman–Crippen LogP) is 6.31. The first-order valence-electron chi connectivity index (χ1n) is 9.94. The van der Waals surface area contributed by atoms with E-state index in [4.69, 9.17) is 16.0 Å². The molecule has 1 amide bonds. The van der Waals surface area contributed by atoms with Crippen LogP contribution in [0.2, 0.25) is 5.02 Å². The van der Waals surface area contributed by atoms with Crippen molar-refractivity contribution in [2.24, 2.45) is 4.99 Å². The molecule has 1 aliphatic heterocycles. The van der Waals surface area contributed by atoms with E-state index in [-0.39, 0.29) is 16.5 Å². The van der Waals surface area contributed by atoms with E-state index in [0.717, 1.165) is 12.1 Å². The molecule has 2 aromatic carbocycles. The van der Waals surface area contributed by atoms with Crippen molar-refractivity contribution in [3.8, 4) is 11.3 Å². The number of carboxylic acids is 1. The SMILES string of the molecule is CCCN1C(=O)/C(=C/c2ccc(-c3ccc(Cl)c(C(=O)O)c3)o2)SC1=Nc1ccccc1. The third-order valence-electron chi connectivity index (χ3n) is 4.70. The molecule has 1 saturated heterocycles. The average molecular weight is 467 g/mol. The van der Waals surface area contributed by atoms with E-state index in [1.807, 2.05) is 37.3 Å². The van der Waals surface area contributed by atoms with Crippen LogP contribution in [0.15, 0.2) is 75.0 Å². The highest BCUT2D eigenvalue weighted by molar-refractivity contribution is 8.18. The van der Waals surface area contributed by atoms with Gasteiger partial charge in [0.15, 0.2) is 5.17 Å². The number of amidine groups is 1. The largest absolute Gasteiger partial charge is 0.478 e. The van der Waals surface area contributed by atoms with E-state index in [2.05, 4.69) is 4.99 Å². The van der Waals surface area contributed by atoms with E-state index in [9.17, 15) is 14.7 Å². The third kappa shape index (κ3) is 4.64. The summed E-state index contributed by atoms with van der Waals surface area (Å²) >= 11 is 7.25. The molecule has 32 heavy (non-hydrogen) atoms. The summed E-state index contributed by atoms with van der Waals surface area (Å²) in [6.45, 7) is 2.58.